The molecule has 0 spiro atoms. The third-order valence-electron chi connectivity index (χ3n) is 6.30. The van der Waals surface area contributed by atoms with Gasteiger partial charge in [-0.15, -0.1) is 0 Å². The molecule has 2 aliphatic rings. The lowest BCUT2D eigenvalue weighted by Gasteiger charge is -2.33. The first-order valence-electron chi connectivity index (χ1n) is 11.3. The summed E-state index contributed by atoms with van der Waals surface area (Å²) in [5, 5.41) is 0. The number of benzene rings is 3. The Balaban J connectivity index is 1.11. The Morgan fingerprint density at radius 3 is 2.00 bits per heavy atom. The van der Waals surface area contributed by atoms with Crippen molar-refractivity contribution in [1.82, 2.24) is 9.80 Å². The Hall–Kier alpha value is -3.80. The van der Waals surface area contributed by atoms with Gasteiger partial charge in [0.05, 0.1) is 0 Å². The predicted octanol–water partition coefficient (Wildman–Crippen LogP) is 4.85. The molecule has 168 valence electrons. The summed E-state index contributed by atoms with van der Waals surface area (Å²) in [6, 6.07) is 24.2. The predicted molar refractivity (Wildman–Crippen MR) is 125 cm³/mol. The van der Waals surface area contributed by atoms with E-state index in [1.165, 1.54) is 22.3 Å². The van der Waals surface area contributed by atoms with E-state index >= 15 is 0 Å². The Bertz CT molecular complexity index is 1150. The van der Waals surface area contributed by atoms with Crippen LogP contribution in [0.1, 0.15) is 22.3 Å². The molecule has 3 aromatic rings. The zero-order chi connectivity index (χ0) is 22.6. The van der Waals surface area contributed by atoms with Crippen molar-refractivity contribution in [3.05, 3.63) is 95.1 Å². The molecule has 33 heavy (non-hydrogen) atoms. The monoisotopic (exact) mass is 442 g/mol. The summed E-state index contributed by atoms with van der Waals surface area (Å²) in [7, 11) is 0. The number of fused-ring (bicyclic) bond motifs is 3. The van der Waals surface area contributed by atoms with Crippen molar-refractivity contribution in [2.24, 2.45) is 0 Å². The summed E-state index contributed by atoms with van der Waals surface area (Å²) >= 11 is 0. The van der Waals surface area contributed by atoms with Crippen LogP contribution in [0.2, 0.25) is 0 Å². The molecule has 1 aliphatic carbocycles. The fourth-order valence-corrected chi connectivity index (χ4v) is 4.47. The van der Waals surface area contributed by atoms with E-state index in [0.29, 0.717) is 26.2 Å². The lowest BCUT2D eigenvalue weighted by atomic mass is 10.0. The van der Waals surface area contributed by atoms with Crippen molar-refractivity contribution in [1.29, 1.82) is 0 Å². The van der Waals surface area contributed by atoms with E-state index in [1.54, 1.807) is 9.80 Å². The number of carbonyl (C=O) groups is 2. The number of carbonyl (C=O) groups excluding carboxylic acids is 2. The van der Waals surface area contributed by atoms with Crippen LogP contribution >= 0.6 is 0 Å². The standard InChI is InChI=1S/C27H26N2O4/c30-26(32-18-20-7-2-1-3-8-20)28-13-15-29(16-14-28)27(31)33-19-22-10-6-12-24-23-11-5-4-9-21(23)17-25(22)24/h1-12H,13-19H2. The van der Waals surface area contributed by atoms with Crippen molar-refractivity contribution in [3.63, 3.8) is 0 Å². The van der Waals surface area contributed by atoms with E-state index in [0.717, 1.165) is 17.5 Å². The highest BCUT2D eigenvalue weighted by atomic mass is 16.6. The molecule has 0 saturated carbocycles. The van der Waals surface area contributed by atoms with Gasteiger partial charge in [-0.25, -0.2) is 9.59 Å². The maximum atomic E-state index is 12.6. The highest BCUT2D eigenvalue weighted by Gasteiger charge is 2.27. The van der Waals surface area contributed by atoms with E-state index in [1.807, 2.05) is 42.5 Å². The SMILES string of the molecule is O=C(OCc1ccccc1)N1CCN(C(=O)OCc2cccc3c2Cc2ccccc2-3)CC1. The summed E-state index contributed by atoms with van der Waals surface area (Å²) in [6.45, 7) is 2.20. The summed E-state index contributed by atoms with van der Waals surface area (Å²) in [6.07, 6.45) is 0.162. The second-order valence-electron chi connectivity index (χ2n) is 8.35. The summed E-state index contributed by atoms with van der Waals surface area (Å²) in [5.74, 6) is 0. The van der Waals surface area contributed by atoms with E-state index in [-0.39, 0.29) is 25.4 Å². The second-order valence-corrected chi connectivity index (χ2v) is 8.35. The van der Waals surface area contributed by atoms with Gasteiger partial charge in [0.15, 0.2) is 0 Å². The molecule has 2 amide bonds. The van der Waals surface area contributed by atoms with Gasteiger partial charge in [0, 0.05) is 26.2 Å². The smallest absolute Gasteiger partial charge is 0.410 e. The lowest BCUT2D eigenvalue weighted by molar-refractivity contribution is 0.0556. The van der Waals surface area contributed by atoms with E-state index in [2.05, 4.69) is 30.3 Å². The van der Waals surface area contributed by atoms with Crippen LogP contribution in [-0.4, -0.2) is 48.2 Å². The summed E-state index contributed by atoms with van der Waals surface area (Å²) in [4.78, 5) is 28.3. The minimum Gasteiger partial charge on any atom is -0.445 e. The second kappa shape index (κ2) is 9.36. The fourth-order valence-electron chi connectivity index (χ4n) is 4.47. The number of piperazine rings is 1. The third-order valence-corrected chi connectivity index (χ3v) is 6.30. The number of hydrogen-bond acceptors (Lipinski definition) is 4. The van der Waals surface area contributed by atoms with Crippen LogP contribution in [0.5, 0.6) is 0 Å². The molecule has 0 unspecified atom stereocenters. The number of amides is 2. The molecule has 1 fully saturated rings. The largest absolute Gasteiger partial charge is 0.445 e. The maximum Gasteiger partial charge on any atom is 0.410 e. The van der Waals surface area contributed by atoms with Gasteiger partial charge >= 0.3 is 12.2 Å². The van der Waals surface area contributed by atoms with Crippen molar-refractivity contribution in [2.45, 2.75) is 19.6 Å². The molecule has 6 heteroatoms. The van der Waals surface area contributed by atoms with Crippen LogP contribution in [-0.2, 0) is 29.1 Å². The fraction of sp³-hybridized carbons (Fsp3) is 0.259. The topological polar surface area (TPSA) is 59.1 Å². The van der Waals surface area contributed by atoms with E-state index < -0.39 is 0 Å². The molecule has 0 atom stereocenters. The van der Waals surface area contributed by atoms with Crippen LogP contribution in [0.4, 0.5) is 9.59 Å². The molecule has 1 aliphatic heterocycles. The first-order chi connectivity index (χ1) is 16.2. The zero-order valence-electron chi connectivity index (χ0n) is 18.4. The number of rotatable bonds is 4. The minimum absolute atomic E-state index is 0.243. The molecule has 0 aromatic heterocycles. The maximum absolute atomic E-state index is 12.6. The highest BCUT2D eigenvalue weighted by molar-refractivity contribution is 5.78. The van der Waals surface area contributed by atoms with E-state index in [4.69, 9.17) is 9.47 Å². The van der Waals surface area contributed by atoms with Crippen LogP contribution in [0.15, 0.2) is 72.8 Å². The van der Waals surface area contributed by atoms with Gasteiger partial charge in [-0.05, 0) is 39.8 Å². The van der Waals surface area contributed by atoms with Gasteiger partial charge in [-0.2, -0.15) is 0 Å². The van der Waals surface area contributed by atoms with Gasteiger partial charge in [0.25, 0.3) is 0 Å². The molecule has 1 saturated heterocycles. The molecule has 3 aromatic carbocycles. The minimum atomic E-state index is -0.355. The molecule has 0 bridgehead atoms. The van der Waals surface area contributed by atoms with Crippen molar-refractivity contribution in [3.8, 4) is 11.1 Å². The Kier molecular flexibility index (Phi) is 5.98. The van der Waals surface area contributed by atoms with Gasteiger partial charge in [0.1, 0.15) is 13.2 Å². The van der Waals surface area contributed by atoms with Crippen molar-refractivity contribution >= 4 is 12.2 Å². The van der Waals surface area contributed by atoms with Crippen molar-refractivity contribution in [2.75, 3.05) is 26.2 Å². The van der Waals surface area contributed by atoms with Crippen LogP contribution in [0.25, 0.3) is 11.1 Å². The molecule has 1 heterocycles. The number of nitrogens with zero attached hydrogens (tertiary/aromatic N) is 2. The summed E-state index contributed by atoms with van der Waals surface area (Å²) < 4.78 is 11.0. The summed E-state index contributed by atoms with van der Waals surface area (Å²) in [5.41, 5.74) is 7.01. The van der Waals surface area contributed by atoms with Crippen LogP contribution in [0.3, 0.4) is 0 Å². The molecule has 0 N–H and O–H groups in total. The zero-order valence-corrected chi connectivity index (χ0v) is 18.4. The average Bonchev–Trinajstić information content (AvgIpc) is 3.26. The molecule has 0 radical (unpaired) electrons. The Labute approximate surface area is 193 Å². The Morgan fingerprint density at radius 2 is 1.27 bits per heavy atom. The van der Waals surface area contributed by atoms with Crippen LogP contribution in [0, 0.1) is 0 Å². The number of hydrogen-bond donors (Lipinski definition) is 0. The molecule has 5 rings (SSSR count). The highest BCUT2D eigenvalue weighted by Crippen LogP contribution is 2.38. The van der Waals surface area contributed by atoms with Gasteiger partial charge in [-0.1, -0.05) is 72.8 Å². The Morgan fingerprint density at radius 1 is 0.667 bits per heavy atom. The van der Waals surface area contributed by atoms with Gasteiger partial charge in [0.2, 0.25) is 0 Å². The van der Waals surface area contributed by atoms with Crippen LogP contribution < -0.4 is 0 Å². The number of ether oxygens (including phenoxy) is 2. The average molecular weight is 443 g/mol. The molecular formula is C27H26N2O4. The van der Waals surface area contributed by atoms with E-state index in [9.17, 15) is 9.59 Å². The third kappa shape index (κ3) is 4.55. The molecule has 6 nitrogen and oxygen atoms in total. The van der Waals surface area contributed by atoms with Gasteiger partial charge < -0.3 is 19.3 Å². The lowest BCUT2D eigenvalue weighted by Crippen LogP contribution is -2.50. The normalized spacial score (nSPS) is 14.4. The quantitative estimate of drug-likeness (QED) is 0.453. The van der Waals surface area contributed by atoms with Gasteiger partial charge in [-0.3, -0.25) is 0 Å². The molecular weight excluding hydrogens is 416 g/mol. The van der Waals surface area contributed by atoms with Crippen molar-refractivity contribution < 1.29 is 19.1 Å². The first kappa shape index (κ1) is 21.1. The first-order valence-corrected chi connectivity index (χ1v) is 11.3.